The molecule has 1 aliphatic heterocycles. The Hall–Kier alpha value is -2.97. The first-order valence-electron chi connectivity index (χ1n) is 12.9. The number of esters is 2. The fourth-order valence-electron chi connectivity index (χ4n) is 5.33. The fraction of sp³-hybridized carbons (Fsp3) is 0.483. The molecule has 1 saturated carbocycles. The summed E-state index contributed by atoms with van der Waals surface area (Å²) in [4.78, 5) is 29.8. The Bertz CT molecular complexity index is 1250. The number of rotatable bonds is 8. The van der Waals surface area contributed by atoms with E-state index in [0.717, 1.165) is 27.6 Å². The molecule has 8 heteroatoms. The molecule has 5 atom stereocenters. The van der Waals surface area contributed by atoms with Crippen LogP contribution in [0.2, 0.25) is 0 Å². The Morgan fingerprint density at radius 1 is 1.11 bits per heavy atom. The molecule has 0 amide bonds. The Morgan fingerprint density at radius 3 is 2.51 bits per heavy atom. The van der Waals surface area contributed by atoms with Crippen molar-refractivity contribution in [2.45, 2.75) is 83.7 Å². The van der Waals surface area contributed by atoms with E-state index in [9.17, 15) is 9.59 Å². The highest BCUT2D eigenvalue weighted by molar-refractivity contribution is 7.15. The number of ether oxygens (including phenoxy) is 3. The molecule has 1 aliphatic carbocycles. The summed E-state index contributed by atoms with van der Waals surface area (Å²) in [6.45, 7) is 6.79. The van der Waals surface area contributed by atoms with E-state index in [0.29, 0.717) is 12.3 Å². The third kappa shape index (κ3) is 5.65. The predicted octanol–water partition coefficient (Wildman–Crippen LogP) is 6.22. The summed E-state index contributed by atoms with van der Waals surface area (Å²) >= 11 is 1.63. The first-order valence-corrected chi connectivity index (χ1v) is 13.8. The van der Waals surface area contributed by atoms with Gasteiger partial charge < -0.3 is 18.6 Å². The fourth-order valence-corrected chi connectivity index (χ4v) is 6.24. The van der Waals surface area contributed by atoms with Crippen LogP contribution in [-0.2, 0) is 30.2 Å². The molecule has 196 valence electrons. The van der Waals surface area contributed by atoms with Gasteiger partial charge in [0, 0.05) is 32.4 Å². The highest BCUT2D eigenvalue weighted by atomic mass is 32.1. The average Bonchev–Trinajstić information content (AvgIpc) is 3.34. The number of hydrogen-bond acceptors (Lipinski definition) is 8. The smallest absolute Gasteiger partial charge is 0.303 e. The number of carbonyl (C=O) groups is 2. The molecular formula is C29H33NO6S. The molecule has 3 heterocycles. The van der Waals surface area contributed by atoms with Gasteiger partial charge in [-0.25, -0.2) is 4.98 Å². The molecule has 0 bridgehead atoms. The zero-order chi connectivity index (χ0) is 26.1. The summed E-state index contributed by atoms with van der Waals surface area (Å²) in [5.74, 6) is 0.430. The van der Waals surface area contributed by atoms with Crippen molar-refractivity contribution in [3.05, 3.63) is 64.5 Å². The van der Waals surface area contributed by atoms with Crippen molar-refractivity contribution in [1.82, 2.24) is 4.98 Å². The first-order chi connectivity index (χ1) is 17.8. The molecule has 37 heavy (non-hydrogen) atoms. The lowest BCUT2D eigenvalue weighted by Gasteiger charge is -2.44. The van der Waals surface area contributed by atoms with E-state index in [1.165, 1.54) is 37.8 Å². The normalized spacial score (nSPS) is 25.6. The molecule has 0 spiro atoms. The molecule has 1 saturated heterocycles. The van der Waals surface area contributed by atoms with Crippen LogP contribution in [0.25, 0.3) is 10.6 Å². The summed E-state index contributed by atoms with van der Waals surface area (Å²) in [5, 5.41) is 1.00. The molecule has 0 unspecified atom stereocenters. The lowest BCUT2D eigenvalue weighted by molar-refractivity contribution is -0.225. The lowest BCUT2D eigenvalue weighted by atomic mass is 9.83. The Labute approximate surface area is 221 Å². The second kappa shape index (κ2) is 10.8. The third-order valence-electron chi connectivity index (χ3n) is 7.23. The number of aromatic nitrogens is 1. The summed E-state index contributed by atoms with van der Waals surface area (Å²) in [5.41, 5.74) is 3.44. The molecule has 2 fully saturated rings. The van der Waals surface area contributed by atoms with Crippen molar-refractivity contribution >= 4 is 23.3 Å². The van der Waals surface area contributed by atoms with E-state index in [2.05, 4.69) is 30.1 Å². The van der Waals surface area contributed by atoms with Gasteiger partial charge in [-0.2, -0.15) is 0 Å². The Morgan fingerprint density at radius 2 is 1.86 bits per heavy atom. The molecule has 5 rings (SSSR count). The van der Waals surface area contributed by atoms with Crippen molar-refractivity contribution < 1.29 is 28.2 Å². The van der Waals surface area contributed by atoms with Crippen molar-refractivity contribution in [1.29, 1.82) is 0 Å². The van der Waals surface area contributed by atoms with Gasteiger partial charge in [-0.1, -0.05) is 32.0 Å². The quantitative estimate of drug-likeness (QED) is 0.324. The SMILES string of the molecule is CC[C@H]1O[C@@H](c2ccc(C3CC3)c(Cc3ncc(-c4ccco4)s3)c2)[C@H](OC(C)=O)[C@@H](OC(C)=O)[C@@H]1C. The molecule has 0 radical (unpaired) electrons. The number of benzene rings is 1. The van der Waals surface area contributed by atoms with E-state index >= 15 is 0 Å². The number of carbonyl (C=O) groups excluding carboxylic acids is 2. The van der Waals surface area contributed by atoms with E-state index < -0.39 is 30.3 Å². The maximum absolute atomic E-state index is 12.1. The zero-order valence-corrected chi connectivity index (χ0v) is 22.5. The molecule has 0 N–H and O–H groups in total. The van der Waals surface area contributed by atoms with Gasteiger partial charge in [0.25, 0.3) is 0 Å². The van der Waals surface area contributed by atoms with Crippen LogP contribution in [0.4, 0.5) is 0 Å². The van der Waals surface area contributed by atoms with Crippen molar-refractivity contribution in [3.8, 4) is 10.6 Å². The summed E-state index contributed by atoms with van der Waals surface area (Å²) < 4.78 is 23.6. The zero-order valence-electron chi connectivity index (χ0n) is 21.6. The van der Waals surface area contributed by atoms with Crippen molar-refractivity contribution in [3.63, 3.8) is 0 Å². The maximum Gasteiger partial charge on any atom is 0.303 e. The average molecular weight is 524 g/mol. The van der Waals surface area contributed by atoms with Crippen LogP contribution in [0.15, 0.2) is 47.2 Å². The lowest BCUT2D eigenvalue weighted by Crippen LogP contribution is -2.52. The summed E-state index contributed by atoms with van der Waals surface area (Å²) in [6.07, 6.45) is 5.33. The number of nitrogens with zero attached hydrogens (tertiary/aromatic N) is 1. The van der Waals surface area contributed by atoms with Crippen LogP contribution >= 0.6 is 11.3 Å². The van der Waals surface area contributed by atoms with Gasteiger partial charge >= 0.3 is 11.9 Å². The van der Waals surface area contributed by atoms with Gasteiger partial charge in [-0.05, 0) is 54.0 Å². The first kappa shape index (κ1) is 25.7. The van der Waals surface area contributed by atoms with Crippen molar-refractivity contribution in [2.24, 2.45) is 5.92 Å². The Balaban J connectivity index is 1.49. The third-order valence-corrected chi connectivity index (χ3v) is 8.24. The van der Waals surface area contributed by atoms with E-state index in [1.807, 2.05) is 25.3 Å². The van der Waals surface area contributed by atoms with E-state index in [-0.39, 0.29) is 12.0 Å². The highest BCUT2D eigenvalue weighted by Gasteiger charge is 2.48. The van der Waals surface area contributed by atoms with Crippen LogP contribution in [0.1, 0.15) is 80.7 Å². The Kier molecular flexibility index (Phi) is 7.49. The minimum Gasteiger partial charge on any atom is -0.463 e. The van der Waals surface area contributed by atoms with Crippen LogP contribution in [0.3, 0.4) is 0 Å². The van der Waals surface area contributed by atoms with Gasteiger partial charge in [0.05, 0.1) is 22.3 Å². The maximum atomic E-state index is 12.1. The van der Waals surface area contributed by atoms with Crippen molar-refractivity contribution in [2.75, 3.05) is 0 Å². The van der Waals surface area contributed by atoms with Crippen LogP contribution < -0.4 is 0 Å². The monoisotopic (exact) mass is 523 g/mol. The number of hydrogen-bond donors (Lipinski definition) is 0. The van der Waals surface area contributed by atoms with E-state index in [1.54, 1.807) is 17.6 Å². The minimum absolute atomic E-state index is 0.116. The van der Waals surface area contributed by atoms with Gasteiger partial charge in [0.1, 0.15) is 18.0 Å². The number of thiazole rings is 1. The minimum atomic E-state index is -0.732. The van der Waals surface area contributed by atoms with Gasteiger partial charge in [0.15, 0.2) is 6.10 Å². The topological polar surface area (TPSA) is 87.9 Å². The van der Waals surface area contributed by atoms with Gasteiger partial charge in [-0.15, -0.1) is 11.3 Å². The number of furan rings is 1. The van der Waals surface area contributed by atoms with Gasteiger partial charge in [0.2, 0.25) is 0 Å². The summed E-state index contributed by atoms with van der Waals surface area (Å²) in [7, 11) is 0. The van der Waals surface area contributed by atoms with Crippen LogP contribution in [0, 0.1) is 5.92 Å². The van der Waals surface area contributed by atoms with E-state index in [4.69, 9.17) is 18.6 Å². The van der Waals surface area contributed by atoms with Crippen LogP contribution in [-0.4, -0.2) is 35.2 Å². The molecule has 2 aromatic heterocycles. The second-order valence-corrected chi connectivity index (χ2v) is 11.1. The predicted molar refractivity (Wildman–Crippen MR) is 139 cm³/mol. The molecular weight excluding hydrogens is 490 g/mol. The highest BCUT2D eigenvalue weighted by Crippen LogP contribution is 2.45. The van der Waals surface area contributed by atoms with Gasteiger partial charge in [-0.3, -0.25) is 9.59 Å². The second-order valence-electron chi connectivity index (χ2n) is 10.0. The molecule has 2 aliphatic rings. The molecule has 3 aromatic rings. The summed E-state index contributed by atoms with van der Waals surface area (Å²) in [6, 6.07) is 10.2. The van der Waals surface area contributed by atoms with Crippen LogP contribution in [0.5, 0.6) is 0 Å². The molecule has 7 nitrogen and oxygen atoms in total. The molecule has 1 aromatic carbocycles. The standard InChI is InChI=1S/C29H33NO6S/c1-5-23-16(2)27(34-17(3)31)29(35-18(4)32)28(36-23)20-10-11-22(19-8-9-19)21(13-20)14-26-30-15-25(37-26)24-7-6-12-33-24/h6-7,10-13,15-16,19,23,27-29H,5,8-9,14H2,1-4H3/t16-,23-,27+,28+,29-/m1/s1. The largest absolute Gasteiger partial charge is 0.463 e.